The maximum absolute atomic E-state index is 11.3. The maximum atomic E-state index is 11.3. The molecule has 0 bridgehead atoms. The quantitative estimate of drug-likeness (QED) is 0.423. The molecular weight excluding hydrogens is 242 g/mol. The molecule has 0 saturated carbocycles. The van der Waals surface area contributed by atoms with Gasteiger partial charge in [0.2, 0.25) is 0 Å². The number of amides is 2. The van der Waals surface area contributed by atoms with E-state index in [0.717, 1.165) is 13.0 Å². The highest BCUT2D eigenvalue weighted by atomic mass is 16.4. The maximum Gasteiger partial charge on any atom is 0.326 e. The molecule has 8 nitrogen and oxygen atoms in total. The lowest BCUT2D eigenvalue weighted by Crippen LogP contribution is -2.47. The SMILES string of the molecule is CN(C)CCCNC(=O)N[C@H](CC(=O)O)C(=O)O. The Kier molecular flexibility index (Phi) is 7.45. The summed E-state index contributed by atoms with van der Waals surface area (Å²) in [5.74, 6) is -2.66. The third kappa shape index (κ3) is 8.34. The average Bonchev–Trinajstić information content (AvgIpc) is 2.22. The fraction of sp³-hybridized carbons (Fsp3) is 0.700. The summed E-state index contributed by atoms with van der Waals surface area (Å²) in [4.78, 5) is 34.3. The van der Waals surface area contributed by atoms with Gasteiger partial charge in [-0.05, 0) is 27.1 Å². The molecule has 1 atom stereocenters. The summed E-state index contributed by atoms with van der Waals surface area (Å²) in [6.07, 6.45) is 0.0670. The molecule has 8 heteroatoms. The van der Waals surface area contributed by atoms with Crippen LogP contribution < -0.4 is 10.6 Å². The van der Waals surface area contributed by atoms with Gasteiger partial charge in [0, 0.05) is 6.54 Å². The number of urea groups is 1. The summed E-state index contributed by atoms with van der Waals surface area (Å²) < 4.78 is 0. The van der Waals surface area contributed by atoms with Crippen molar-refractivity contribution in [2.24, 2.45) is 0 Å². The van der Waals surface area contributed by atoms with Gasteiger partial charge in [0.05, 0.1) is 6.42 Å². The van der Waals surface area contributed by atoms with Crippen LogP contribution in [0, 0.1) is 0 Å². The Labute approximate surface area is 105 Å². The Bertz CT molecular complexity index is 306. The highest BCUT2D eigenvalue weighted by molar-refractivity contribution is 5.86. The molecule has 0 aliphatic carbocycles. The van der Waals surface area contributed by atoms with Gasteiger partial charge in [-0.2, -0.15) is 0 Å². The van der Waals surface area contributed by atoms with Crippen LogP contribution in [0.25, 0.3) is 0 Å². The zero-order valence-corrected chi connectivity index (χ0v) is 10.5. The number of carboxylic acid groups (broad SMARTS) is 2. The number of nitrogens with one attached hydrogen (secondary N) is 2. The van der Waals surface area contributed by atoms with Crippen molar-refractivity contribution in [3.8, 4) is 0 Å². The van der Waals surface area contributed by atoms with E-state index in [0.29, 0.717) is 6.54 Å². The zero-order valence-electron chi connectivity index (χ0n) is 10.5. The minimum atomic E-state index is -1.42. The minimum Gasteiger partial charge on any atom is -0.481 e. The summed E-state index contributed by atoms with van der Waals surface area (Å²) in [7, 11) is 3.79. The summed E-state index contributed by atoms with van der Waals surface area (Å²) in [5, 5.41) is 21.7. The highest BCUT2D eigenvalue weighted by Gasteiger charge is 2.22. The first-order valence-corrected chi connectivity index (χ1v) is 5.46. The summed E-state index contributed by atoms with van der Waals surface area (Å²) in [6.45, 7) is 1.18. The van der Waals surface area contributed by atoms with Crippen molar-refractivity contribution in [2.75, 3.05) is 27.2 Å². The zero-order chi connectivity index (χ0) is 14.1. The Morgan fingerprint density at radius 1 is 1.22 bits per heavy atom. The molecule has 0 fully saturated rings. The smallest absolute Gasteiger partial charge is 0.326 e. The van der Waals surface area contributed by atoms with Crippen LogP contribution in [0.2, 0.25) is 0 Å². The van der Waals surface area contributed by atoms with E-state index in [-0.39, 0.29) is 0 Å². The predicted molar refractivity (Wildman–Crippen MR) is 63.4 cm³/mol. The first-order valence-electron chi connectivity index (χ1n) is 5.46. The van der Waals surface area contributed by atoms with Crippen molar-refractivity contribution in [3.63, 3.8) is 0 Å². The van der Waals surface area contributed by atoms with Crippen LogP contribution in [0.15, 0.2) is 0 Å². The van der Waals surface area contributed by atoms with Crippen molar-refractivity contribution in [3.05, 3.63) is 0 Å². The lowest BCUT2D eigenvalue weighted by atomic mass is 10.2. The lowest BCUT2D eigenvalue weighted by Gasteiger charge is -2.14. The van der Waals surface area contributed by atoms with Gasteiger partial charge in [-0.3, -0.25) is 4.79 Å². The molecule has 0 spiro atoms. The molecule has 0 aliphatic heterocycles. The van der Waals surface area contributed by atoms with E-state index < -0.39 is 30.4 Å². The van der Waals surface area contributed by atoms with Crippen molar-refractivity contribution >= 4 is 18.0 Å². The lowest BCUT2D eigenvalue weighted by molar-refractivity contribution is -0.145. The van der Waals surface area contributed by atoms with Gasteiger partial charge in [0.1, 0.15) is 6.04 Å². The summed E-state index contributed by atoms with van der Waals surface area (Å²) in [5.41, 5.74) is 0. The monoisotopic (exact) mass is 261 g/mol. The van der Waals surface area contributed by atoms with Crippen LogP contribution >= 0.6 is 0 Å². The number of hydrogen-bond donors (Lipinski definition) is 4. The van der Waals surface area contributed by atoms with Crippen molar-refractivity contribution in [1.82, 2.24) is 15.5 Å². The minimum absolute atomic E-state index is 0.392. The summed E-state index contributed by atoms with van der Waals surface area (Å²) >= 11 is 0. The number of carboxylic acids is 2. The topological polar surface area (TPSA) is 119 Å². The molecule has 0 aromatic rings. The van der Waals surface area contributed by atoms with Crippen LogP contribution in [0.5, 0.6) is 0 Å². The molecule has 0 aromatic carbocycles. The Balaban J connectivity index is 3.95. The van der Waals surface area contributed by atoms with Crippen LogP contribution in [-0.2, 0) is 9.59 Å². The Hall–Kier alpha value is -1.83. The van der Waals surface area contributed by atoms with E-state index in [1.165, 1.54) is 0 Å². The molecule has 0 saturated heterocycles. The number of carbonyl (C=O) groups is 3. The van der Waals surface area contributed by atoms with Gasteiger partial charge in [0.25, 0.3) is 0 Å². The highest BCUT2D eigenvalue weighted by Crippen LogP contribution is 1.92. The van der Waals surface area contributed by atoms with Crippen LogP contribution in [0.1, 0.15) is 12.8 Å². The second kappa shape index (κ2) is 8.29. The molecule has 18 heavy (non-hydrogen) atoms. The van der Waals surface area contributed by atoms with Gasteiger partial charge in [-0.25, -0.2) is 9.59 Å². The molecule has 0 rings (SSSR count). The van der Waals surface area contributed by atoms with E-state index in [2.05, 4.69) is 10.6 Å². The molecule has 0 aliphatic rings. The first kappa shape index (κ1) is 16.2. The van der Waals surface area contributed by atoms with E-state index in [1.807, 2.05) is 19.0 Å². The molecule has 0 radical (unpaired) electrons. The molecule has 104 valence electrons. The van der Waals surface area contributed by atoms with Gasteiger partial charge in [0.15, 0.2) is 0 Å². The standard InChI is InChI=1S/C10H19N3O5/c1-13(2)5-3-4-11-10(18)12-7(9(16)17)6-8(14)15/h7H,3-6H2,1-2H3,(H,14,15)(H,16,17)(H2,11,12,18)/t7-/m1/s1. The van der Waals surface area contributed by atoms with Crippen LogP contribution in [0.3, 0.4) is 0 Å². The third-order valence-corrected chi connectivity index (χ3v) is 2.05. The van der Waals surface area contributed by atoms with Gasteiger partial charge >= 0.3 is 18.0 Å². The van der Waals surface area contributed by atoms with Gasteiger partial charge in [-0.15, -0.1) is 0 Å². The molecule has 0 heterocycles. The van der Waals surface area contributed by atoms with Crippen molar-refractivity contribution in [2.45, 2.75) is 18.9 Å². The van der Waals surface area contributed by atoms with Crippen LogP contribution in [0.4, 0.5) is 4.79 Å². The van der Waals surface area contributed by atoms with Crippen molar-refractivity contribution in [1.29, 1.82) is 0 Å². The van der Waals surface area contributed by atoms with E-state index in [1.54, 1.807) is 0 Å². The van der Waals surface area contributed by atoms with E-state index in [9.17, 15) is 14.4 Å². The number of nitrogens with zero attached hydrogens (tertiary/aromatic N) is 1. The third-order valence-electron chi connectivity index (χ3n) is 2.05. The first-order chi connectivity index (χ1) is 8.32. The van der Waals surface area contributed by atoms with E-state index in [4.69, 9.17) is 10.2 Å². The van der Waals surface area contributed by atoms with Gasteiger partial charge in [-0.1, -0.05) is 0 Å². The number of carbonyl (C=O) groups excluding carboxylic acids is 1. The molecule has 0 aromatic heterocycles. The Morgan fingerprint density at radius 2 is 1.83 bits per heavy atom. The second-order valence-corrected chi connectivity index (χ2v) is 4.05. The molecule has 2 amide bonds. The van der Waals surface area contributed by atoms with E-state index >= 15 is 0 Å². The number of hydrogen-bond acceptors (Lipinski definition) is 4. The fourth-order valence-corrected chi connectivity index (χ4v) is 1.18. The second-order valence-electron chi connectivity index (χ2n) is 4.05. The van der Waals surface area contributed by atoms with Crippen molar-refractivity contribution < 1.29 is 24.6 Å². The van der Waals surface area contributed by atoms with Crippen LogP contribution in [-0.4, -0.2) is 66.3 Å². The molecular formula is C10H19N3O5. The number of rotatable bonds is 8. The average molecular weight is 261 g/mol. The predicted octanol–water partition coefficient (Wildman–Crippen LogP) is -0.835. The largest absolute Gasteiger partial charge is 0.481 e. The molecule has 0 unspecified atom stereocenters. The fourth-order valence-electron chi connectivity index (χ4n) is 1.18. The summed E-state index contributed by atoms with van der Waals surface area (Å²) in [6, 6.07) is -2.10. The normalized spacial score (nSPS) is 11.9. The number of aliphatic carboxylic acids is 2. The van der Waals surface area contributed by atoms with Gasteiger partial charge < -0.3 is 25.7 Å². The Morgan fingerprint density at radius 3 is 2.28 bits per heavy atom. The molecule has 4 N–H and O–H groups in total.